The molecule has 5 nitrogen and oxygen atoms in total. The molecule has 0 amide bonds. The van der Waals surface area contributed by atoms with Gasteiger partial charge in [-0.15, -0.1) is 0 Å². The lowest BCUT2D eigenvalue weighted by molar-refractivity contribution is 0.503. The van der Waals surface area contributed by atoms with Crippen molar-refractivity contribution in [1.82, 2.24) is 19.7 Å². The van der Waals surface area contributed by atoms with Gasteiger partial charge in [-0.05, 0) is 42.5 Å². The van der Waals surface area contributed by atoms with E-state index < -0.39 is 0 Å². The fourth-order valence-corrected chi connectivity index (χ4v) is 5.32. The predicted octanol–water partition coefficient (Wildman–Crippen LogP) is 6.24. The molecule has 32 heavy (non-hydrogen) atoms. The molecule has 5 aromatic rings. The summed E-state index contributed by atoms with van der Waals surface area (Å²) < 4.78 is 21.7. The molecule has 7 heteroatoms. The van der Waals surface area contributed by atoms with Crippen molar-refractivity contribution < 1.29 is 8.81 Å². The molecule has 0 saturated carbocycles. The summed E-state index contributed by atoms with van der Waals surface area (Å²) >= 11 is 1.94. The lowest BCUT2D eigenvalue weighted by Crippen LogP contribution is -2.08. The van der Waals surface area contributed by atoms with Crippen LogP contribution in [0.2, 0.25) is 0 Å². The van der Waals surface area contributed by atoms with Gasteiger partial charge in [0.1, 0.15) is 23.6 Å². The lowest BCUT2D eigenvalue weighted by atomic mass is 10.0. The third kappa shape index (κ3) is 3.39. The van der Waals surface area contributed by atoms with Crippen LogP contribution in [-0.4, -0.2) is 31.3 Å². The number of furan rings is 1. The van der Waals surface area contributed by atoms with Crippen molar-refractivity contribution in [1.29, 1.82) is 0 Å². The van der Waals surface area contributed by atoms with Gasteiger partial charge in [0, 0.05) is 28.6 Å². The number of benzene rings is 2. The molecule has 0 aliphatic carbocycles. The summed E-state index contributed by atoms with van der Waals surface area (Å²) in [7, 11) is 0. The molecule has 1 aliphatic heterocycles. The second-order valence-electron chi connectivity index (χ2n) is 7.81. The lowest BCUT2D eigenvalue weighted by Gasteiger charge is -2.07. The summed E-state index contributed by atoms with van der Waals surface area (Å²) in [6, 6.07) is 18.7. The smallest absolute Gasteiger partial charge is 0.230 e. The highest BCUT2D eigenvalue weighted by atomic mass is 32.2. The van der Waals surface area contributed by atoms with Gasteiger partial charge < -0.3 is 4.42 Å². The average Bonchev–Trinajstić information content (AvgIpc) is 3.59. The number of hydrogen-bond donors (Lipinski definition) is 0. The van der Waals surface area contributed by atoms with Crippen LogP contribution in [0.4, 0.5) is 4.39 Å². The maximum absolute atomic E-state index is 13.6. The van der Waals surface area contributed by atoms with Gasteiger partial charge >= 0.3 is 0 Å². The van der Waals surface area contributed by atoms with E-state index in [0.717, 1.165) is 57.2 Å². The molecule has 0 spiro atoms. The number of fused-ring (bicyclic) bond motifs is 1. The number of rotatable bonds is 4. The zero-order chi connectivity index (χ0) is 21.5. The number of halogens is 1. The second kappa shape index (κ2) is 7.91. The van der Waals surface area contributed by atoms with Crippen LogP contribution < -0.4 is 0 Å². The van der Waals surface area contributed by atoms with E-state index in [1.54, 1.807) is 12.1 Å². The second-order valence-corrected chi connectivity index (χ2v) is 8.96. The Morgan fingerprint density at radius 3 is 2.59 bits per heavy atom. The summed E-state index contributed by atoms with van der Waals surface area (Å²) in [4.78, 5) is 8.98. The highest BCUT2D eigenvalue weighted by molar-refractivity contribution is 7.99. The van der Waals surface area contributed by atoms with Crippen molar-refractivity contribution in [3.63, 3.8) is 0 Å². The molecular formula is C25H19FN4OS. The van der Waals surface area contributed by atoms with Crippen LogP contribution in [0.1, 0.15) is 12.5 Å². The van der Waals surface area contributed by atoms with Crippen LogP contribution in [0.15, 0.2) is 77.6 Å². The molecule has 1 aliphatic rings. The minimum atomic E-state index is -0.270. The quantitative estimate of drug-likeness (QED) is 0.330. The van der Waals surface area contributed by atoms with Gasteiger partial charge in [-0.1, -0.05) is 30.3 Å². The normalized spacial score (nSPS) is 16.1. The molecule has 3 aromatic heterocycles. The summed E-state index contributed by atoms with van der Waals surface area (Å²) in [6.07, 6.45) is 4.66. The molecule has 6 rings (SSSR count). The zero-order valence-corrected chi connectivity index (χ0v) is 17.9. The molecule has 0 bridgehead atoms. The monoisotopic (exact) mass is 442 g/mol. The molecule has 0 radical (unpaired) electrons. The fourth-order valence-electron chi connectivity index (χ4n) is 4.12. The Morgan fingerprint density at radius 1 is 0.969 bits per heavy atom. The molecule has 1 unspecified atom stereocenters. The number of thioether (sulfide) groups is 1. The molecule has 1 saturated heterocycles. The fraction of sp³-hybridized carbons (Fsp3) is 0.160. The van der Waals surface area contributed by atoms with E-state index >= 15 is 0 Å². The first-order valence-corrected chi connectivity index (χ1v) is 11.6. The van der Waals surface area contributed by atoms with Gasteiger partial charge in [-0.25, -0.2) is 14.4 Å². The van der Waals surface area contributed by atoms with Crippen LogP contribution in [0.3, 0.4) is 0 Å². The largest absolute Gasteiger partial charge is 0.438 e. The number of hydrogen-bond acceptors (Lipinski definition) is 5. The van der Waals surface area contributed by atoms with Gasteiger partial charge in [0.2, 0.25) is 5.71 Å². The molecule has 0 N–H and O–H groups in total. The zero-order valence-electron chi connectivity index (χ0n) is 17.1. The summed E-state index contributed by atoms with van der Waals surface area (Å²) in [5.41, 5.74) is 4.80. The maximum Gasteiger partial charge on any atom is 0.230 e. The Hall–Kier alpha value is -3.45. The third-order valence-electron chi connectivity index (χ3n) is 5.77. The van der Waals surface area contributed by atoms with Gasteiger partial charge in [-0.2, -0.15) is 16.9 Å². The van der Waals surface area contributed by atoms with E-state index in [0.29, 0.717) is 11.8 Å². The van der Waals surface area contributed by atoms with Crippen LogP contribution in [0.5, 0.6) is 0 Å². The first kappa shape index (κ1) is 19.3. The van der Waals surface area contributed by atoms with E-state index in [4.69, 9.17) is 9.52 Å². The molecule has 4 heterocycles. The highest BCUT2D eigenvalue weighted by Gasteiger charge is 2.24. The molecule has 2 aromatic carbocycles. The van der Waals surface area contributed by atoms with Crippen LogP contribution in [-0.2, 0) is 0 Å². The topological polar surface area (TPSA) is 56.7 Å². The first-order valence-electron chi connectivity index (χ1n) is 10.5. The molecular weight excluding hydrogens is 423 g/mol. The average molecular weight is 443 g/mol. The minimum Gasteiger partial charge on any atom is -0.438 e. The predicted molar refractivity (Wildman–Crippen MR) is 125 cm³/mol. The van der Waals surface area contributed by atoms with Gasteiger partial charge in [-0.3, -0.25) is 4.68 Å². The number of nitrogens with zero attached hydrogens (tertiary/aromatic N) is 4. The van der Waals surface area contributed by atoms with Crippen molar-refractivity contribution in [2.45, 2.75) is 12.5 Å². The van der Waals surface area contributed by atoms with Crippen molar-refractivity contribution in [2.75, 3.05) is 11.5 Å². The molecule has 1 fully saturated rings. The van der Waals surface area contributed by atoms with E-state index in [1.807, 2.05) is 52.8 Å². The minimum absolute atomic E-state index is 0.270. The Labute approximate surface area is 188 Å². The molecule has 1 atom stereocenters. The van der Waals surface area contributed by atoms with Gasteiger partial charge in [0.25, 0.3) is 0 Å². The Kier molecular flexibility index (Phi) is 4.76. The Morgan fingerprint density at radius 2 is 1.81 bits per heavy atom. The summed E-state index contributed by atoms with van der Waals surface area (Å²) in [6.45, 7) is 0. The molecule has 158 valence electrons. The summed E-state index contributed by atoms with van der Waals surface area (Å²) in [5, 5.41) is 5.76. The van der Waals surface area contributed by atoms with E-state index in [9.17, 15) is 4.39 Å². The van der Waals surface area contributed by atoms with E-state index in [-0.39, 0.29) is 5.82 Å². The third-order valence-corrected chi connectivity index (χ3v) is 6.92. The summed E-state index contributed by atoms with van der Waals surface area (Å²) in [5.74, 6) is 2.64. The Bertz CT molecular complexity index is 1390. The van der Waals surface area contributed by atoms with Crippen molar-refractivity contribution in [3.05, 3.63) is 79.0 Å². The van der Waals surface area contributed by atoms with Crippen molar-refractivity contribution in [3.8, 4) is 33.8 Å². The number of aromatic nitrogens is 4. The van der Waals surface area contributed by atoms with Crippen molar-refractivity contribution >= 4 is 22.9 Å². The maximum atomic E-state index is 13.6. The van der Waals surface area contributed by atoms with Crippen LogP contribution in [0, 0.1) is 5.82 Å². The van der Waals surface area contributed by atoms with E-state index in [1.165, 1.54) is 18.5 Å². The van der Waals surface area contributed by atoms with Crippen LogP contribution >= 0.6 is 11.8 Å². The van der Waals surface area contributed by atoms with Crippen molar-refractivity contribution in [2.24, 2.45) is 0 Å². The first-order chi connectivity index (χ1) is 15.8. The Balaban J connectivity index is 1.54. The van der Waals surface area contributed by atoms with Crippen LogP contribution in [0.25, 0.3) is 44.9 Å². The van der Waals surface area contributed by atoms with Gasteiger partial charge in [0.05, 0.1) is 17.1 Å². The highest BCUT2D eigenvalue weighted by Crippen LogP contribution is 2.38. The standard InChI is InChI=1S/C25H19FN4OS/c26-18-8-6-17(7-9-18)23-21(13-30(29-23)19-10-11-32-14-19)24-20-12-22(16-4-2-1-3-5-16)31-25(20)28-15-27-24/h1-9,12-13,15,19H,10-11,14H2. The van der Waals surface area contributed by atoms with E-state index in [2.05, 4.69) is 16.2 Å². The SMILES string of the molecule is Fc1ccc(-c2nn(C3CCSC3)cc2-c2ncnc3oc(-c4ccccc4)cc23)cc1. The van der Waals surface area contributed by atoms with Gasteiger partial charge in [0.15, 0.2) is 0 Å².